The number of hydrogen-bond donors (Lipinski definition) is 1. The third-order valence-electron chi connectivity index (χ3n) is 2.74. The Labute approximate surface area is 108 Å². The molecule has 7 heteroatoms. The molecule has 1 amide bonds. The molecule has 1 heterocycles. The Bertz CT molecular complexity index is 472. The summed E-state index contributed by atoms with van der Waals surface area (Å²) in [6.07, 6.45) is -2.54. The van der Waals surface area contributed by atoms with E-state index in [4.69, 9.17) is 0 Å². The summed E-state index contributed by atoms with van der Waals surface area (Å²) in [6.45, 7) is -0.00912. The van der Waals surface area contributed by atoms with Crippen LogP contribution in [0.5, 0.6) is 0 Å². The maximum atomic E-state index is 12.5. The quantitative estimate of drug-likeness (QED) is 0.910. The van der Waals surface area contributed by atoms with Gasteiger partial charge in [0.2, 0.25) is 5.91 Å². The number of nitrogens with zero attached hydrogens (tertiary/aromatic N) is 2. The van der Waals surface area contributed by atoms with E-state index in [2.05, 4.69) is 10.3 Å². The van der Waals surface area contributed by atoms with Gasteiger partial charge in [0.05, 0.1) is 6.54 Å². The average Bonchev–Trinajstić information content (AvgIpc) is 3.11. The molecule has 4 nitrogen and oxygen atoms in total. The van der Waals surface area contributed by atoms with Crippen LogP contribution in [0.15, 0.2) is 18.2 Å². The normalized spacial score (nSPS) is 15.2. The van der Waals surface area contributed by atoms with Crippen LogP contribution >= 0.6 is 0 Å². The first-order valence-corrected chi connectivity index (χ1v) is 5.91. The Kier molecular flexibility index (Phi) is 3.64. The first-order chi connectivity index (χ1) is 8.86. The Morgan fingerprint density at radius 2 is 2.16 bits per heavy atom. The molecular weight excluding hydrogens is 259 g/mol. The number of pyridine rings is 1. The minimum absolute atomic E-state index is 0.00912. The van der Waals surface area contributed by atoms with Crippen LogP contribution in [0.25, 0.3) is 0 Å². The number of carbonyl (C=O) groups is 1. The lowest BCUT2D eigenvalue weighted by Crippen LogP contribution is -2.36. The van der Waals surface area contributed by atoms with Crippen molar-refractivity contribution in [2.75, 3.05) is 18.5 Å². The maximum absolute atomic E-state index is 12.5. The highest BCUT2D eigenvalue weighted by Gasteiger charge is 2.32. The summed E-state index contributed by atoms with van der Waals surface area (Å²) in [4.78, 5) is 16.5. The maximum Gasteiger partial charge on any atom is 0.433 e. The highest BCUT2D eigenvalue weighted by atomic mass is 19.4. The van der Waals surface area contributed by atoms with Crippen LogP contribution < -0.4 is 10.2 Å². The topological polar surface area (TPSA) is 45.2 Å². The van der Waals surface area contributed by atoms with Crippen LogP contribution in [-0.4, -0.2) is 30.5 Å². The van der Waals surface area contributed by atoms with E-state index >= 15 is 0 Å². The van der Waals surface area contributed by atoms with Crippen LogP contribution in [0.4, 0.5) is 19.0 Å². The molecule has 104 valence electrons. The second kappa shape index (κ2) is 5.07. The number of hydrogen-bond acceptors (Lipinski definition) is 3. The molecule has 1 aromatic rings. The molecule has 0 atom stereocenters. The Balaban J connectivity index is 2.01. The molecule has 0 bridgehead atoms. The van der Waals surface area contributed by atoms with Crippen molar-refractivity contribution in [3.63, 3.8) is 0 Å². The summed E-state index contributed by atoms with van der Waals surface area (Å²) in [5.41, 5.74) is -0.959. The summed E-state index contributed by atoms with van der Waals surface area (Å²) in [5, 5.41) is 2.77. The zero-order chi connectivity index (χ0) is 14.0. The minimum atomic E-state index is -4.48. The van der Waals surface area contributed by atoms with Crippen molar-refractivity contribution in [1.82, 2.24) is 10.3 Å². The molecule has 1 aromatic heterocycles. The molecule has 1 fully saturated rings. The lowest BCUT2D eigenvalue weighted by atomic mass is 10.3. The number of halogens is 3. The second-order valence-corrected chi connectivity index (χ2v) is 4.58. The third-order valence-corrected chi connectivity index (χ3v) is 2.74. The Morgan fingerprint density at radius 1 is 1.47 bits per heavy atom. The van der Waals surface area contributed by atoms with Crippen LogP contribution in [-0.2, 0) is 11.0 Å². The van der Waals surface area contributed by atoms with E-state index in [1.165, 1.54) is 24.1 Å². The molecule has 1 N–H and O–H groups in total. The van der Waals surface area contributed by atoms with E-state index in [1.807, 2.05) is 0 Å². The first-order valence-electron chi connectivity index (χ1n) is 5.91. The smallest absolute Gasteiger partial charge is 0.352 e. The van der Waals surface area contributed by atoms with Gasteiger partial charge in [-0.15, -0.1) is 0 Å². The zero-order valence-electron chi connectivity index (χ0n) is 10.4. The molecule has 0 radical (unpaired) electrons. The van der Waals surface area contributed by atoms with Gasteiger partial charge in [0.15, 0.2) is 0 Å². The highest BCUT2D eigenvalue weighted by Crippen LogP contribution is 2.28. The summed E-state index contributed by atoms with van der Waals surface area (Å²) in [6, 6.07) is 3.86. The first kappa shape index (κ1) is 13.6. The number of nitrogens with one attached hydrogen (secondary N) is 1. The van der Waals surface area contributed by atoms with Crippen molar-refractivity contribution >= 4 is 11.7 Å². The van der Waals surface area contributed by atoms with Gasteiger partial charge in [-0.05, 0) is 25.0 Å². The van der Waals surface area contributed by atoms with Gasteiger partial charge in [-0.3, -0.25) is 4.79 Å². The molecule has 0 unspecified atom stereocenters. The fourth-order valence-corrected chi connectivity index (χ4v) is 1.59. The molecule has 1 aliphatic rings. The predicted octanol–water partition coefficient (Wildman–Crippen LogP) is 1.82. The molecule has 2 rings (SSSR count). The Hall–Kier alpha value is -1.79. The molecule has 1 saturated carbocycles. The molecule has 0 aliphatic heterocycles. The SMILES string of the molecule is CN(CC(=O)NC1CC1)c1cccc(C(F)(F)F)n1. The van der Waals surface area contributed by atoms with Crippen LogP contribution in [0.1, 0.15) is 18.5 Å². The number of carbonyl (C=O) groups excluding carboxylic acids is 1. The van der Waals surface area contributed by atoms with Crippen LogP contribution in [0.2, 0.25) is 0 Å². The molecule has 0 aromatic carbocycles. The number of rotatable bonds is 4. The summed E-state index contributed by atoms with van der Waals surface area (Å²) in [5.74, 6) is -0.0787. The van der Waals surface area contributed by atoms with Gasteiger partial charge >= 0.3 is 6.18 Å². The van der Waals surface area contributed by atoms with E-state index in [1.54, 1.807) is 0 Å². The van der Waals surface area contributed by atoms with Crippen molar-refractivity contribution in [1.29, 1.82) is 0 Å². The second-order valence-electron chi connectivity index (χ2n) is 4.58. The largest absolute Gasteiger partial charge is 0.433 e. The Morgan fingerprint density at radius 3 is 2.74 bits per heavy atom. The van der Waals surface area contributed by atoms with E-state index < -0.39 is 11.9 Å². The number of alkyl halides is 3. The monoisotopic (exact) mass is 273 g/mol. The molecule has 19 heavy (non-hydrogen) atoms. The zero-order valence-corrected chi connectivity index (χ0v) is 10.4. The van der Waals surface area contributed by atoms with E-state index in [0.29, 0.717) is 0 Å². The third kappa shape index (κ3) is 3.84. The fraction of sp³-hybridized carbons (Fsp3) is 0.500. The molecule has 0 spiro atoms. The molecule has 1 aliphatic carbocycles. The van der Waals surface area contributed by atoms with Gasteiger partial charge in [0.25, 0.3) is 0 Å². The van der Waals surface area contributed by atoms with Crippen molar-refractivity contribution in [3.8, 4) is 0 Å². The average molecular weight is 273 g/mol. The lowest BCUT2D eigenvalue weighted by Gasteiger charge is -2.18. The van der Waals surface area contributed by atoms with Crippen molar-refractivity contribution in [3.05, 3.63) is 23.9 Å². The number of aromatic nitrogens is 1. The van der Waals surface area contributed by atoms with Crippen molar-refractivity contribution < 1.29 is 18.0 Å². The van der Waals surface area contributed by atoms with Crippen LogP contribution in [0.3, 0.4) is 0 Å². The number of amides is 1. The van der Waals surface area contributed by atoms with E-state index in [0.717, 1.165) is 18.9 Å². The number of likely N-dealkylation sites (N-methyl/N-ethyl adjacent to an activating group) is 1. The van der Waals surface area contributed by atoms with Gasteiger partial charge in [0.1, 0.15) is 11.5 Å². The summed E-state index contributed by atoms with van der Waals surface area (Å²) < 4.78 is 37.5. The molecule has 0 saturated heterocycles. The summed E-state index contributed by atoms with van der Waals surface area (Å²) >= 11 is 0. The lowest BCUT2D eigenvalue weighted by molar-refractivity contribution is -0.141. The minimum Gasteiger partial charge on any atom is -0.352 e. The fourth-order valence-electron chi connectivity index (χ4n) is 1.59. The number of anilines is 1. The van der Waals surface area contributed by atoms with E-state index in [9.17, 15) is 18.0 Å². The van der Waals surface area contributed by atoms with Gasteiger partial charge in [-0.1, -0.05) is 6.07 Å². The predicted molar refractivity (Wildman–Crippen MR) is 63.7 cm³/mol. The highest BCUT2D eigenvalue weighted by molar-refractivity contribution is 5.81. The van der Waals surface area contributed by atoms with Crippen LogP contribution in [0, 0.1) is 0 Å². The van der Waals surface area contributed by atoms with Crippen molar-refractivity contribution in [2.45, 2.75) is 25.1 Å². The van der Waals surface area contributed by atoms with Gasteiger partial charge in [-0.25, -0.2) is 4.98 Å². The molecular formula is C12H14F3N3O. The van der Waals surface area contributed by atoms with E-state index in [-0.39, 0.29) is 24.3 Å². The summed E-state index contributed by atoms with van der Waals surface area (Å²) in [7, 11) is 1.54. The van der Waals surface area contributed by atoms with Crippen molar-refractivity contribution in [2.24, 2.45) is 0 Å². The van der Waals surface area contributed by atoms with Gasteiger partial charge in [0, 0.05) is 13.1 Å². The standard InChI is InChI=1S/C12H14F3N3O/c1-18(7-11(19)16-8-5-6-8)10-4-2-3-9(17-10)12(13,14)15/h2-4,8H,5-7H2,1H3,(H,16,19). The van der Waals surface area contributed by atoms with Gasteiger partial charge < -0.3 is 10.2 Å². The van der Waals surface area contributed by atoms with Gasteiger partial charge in [-0.2, -0.15) is 13.2 Å².